The summed E-state index contributed by atoms with van der Waals surface area (Å²) >= 11 is 0. The Bertz CT molecular complexity index is 445. The van der Waals surface area contributed by atoms with E-state index in [2.05, 4.69) is 4.98 Å². The Morgan fingerprint density at radius 1 is 1.29 bits per heavy atom. The van der Waals surface area contributed by atoms with Gasteiger partial charge in [0.1, 0.15) is 5.69 Å². The molecule has 4 nitrogen and oxygen atoms in total. The first kappa shape index (κ1) is 13.5. The Labute approximate surface area is 102 Å². The second-order valence-corrected chi connectivity index (χ2v) is 4.48. The minimum Gasteiger partial charge on any atom is -0.354 e. The van der Waals surface area contributed by atoms with E-state index in [9.17, 15) is 9.59 Å². The van der Waals surface area contributed by atoms with E-state index in [1.54, 1.807) is 21.0 Å². The molecule has 1 heterocycles. The Morgan fingerprint density at radius 3 is 2.29 bits per heavy atom. The summed E-state index contributed by atoms with van der Waals surface area (Å²) in [7, 11) is 3.42. The number of nitrogens with one attached hydrogen (secondary N) is 1. The van der Waals surface area contributed by atoms with Crippen LogP contribution in [0.1, 0.15) is 52.4 Å². The van der Waals surface area contributed by atoms with Gasteiger partial charge in [0, 0.05) is 25.4 Å². The van der Waals surface area contributed by atoms with Gasteiger partial charge in [0.15, 0.2) is 5.78 Å². The van der Waals surface area contributed by atoms with Crippen LogP contribution in [0.5, 0.6) is 0 Å². The highest BCUT2D eigenvalue weighted by Crippen LogP contribution is 2.22. The van der Waals surface area contributed by atoms with Crippen molar-refractivity contribution in [3.05, 3.63) is 22.5 Å². The number of H-pyrrole nitrogens is 1. The molecule has 1 N–H and O–H groups in total. The summed E-state index contributed by atoms with van der Waals surface area (Å²) in [4.78, 5) is 28.2. The van der Waals surface area contributed by atoms with E-state index in [1.165, 1.54) is 4.90 Å². The van der Waals surface area contributed by atoms with Crippen LogP contribution in [-0.2, 0) is 6.42 Å². The maximum Gasteiger partial charge on any atom is 0.270 e. The zero-order valence-corrected chi connectivity index (χ0v) is 11.2. The van der Waals surface area contributed by atoms with Crippen molar-refractivity contribution in [1.82, 2.24) is 9.88 Å². The number of aromatic amines is 1. The van der Waals surface area contributed by atoms with E-state index in [0.29, 0.717) is 11.3 Å². The molecular formula is C13H20N2O2. The number of amides is 1. The number of Topliss-reactive ketones (excluding diaryl/α,β-unsaturated/α-hetero) is 1. The highest BCUT2D eigenvalue weighted by atomic mass is 16.2. The summed E-state index contributed by atoms with van der Waals surface area (Å²) in [6, 6.07) is 0. The van der Waals surface area contributed by atoms with Gasteiger partial charge in [-0.3, -0.25) is 9.59 Å². The molecule has 1 aromatic rings. The van der Waals surface area contributed by atoms with Crippen LogP contribution in [0.2, 0.25) is 0 Å². The van der Waals surface area contributed by atoms with E-state index in [0.717, 1.165) is 24.1 Å². The monoisotopic (exact) mass is 236 g/mol. The molecule has 0 bridgehead atoms. The first-order chi connectivity index (χ1) is 7.90. The van der Waals surface area contributed by atoms with Gasteiger partial charge in [0.2, 0.25) is 0 Å². The Kier molecular flexibility index (Phi) is 4.10. The van der Waals surface area contributed by atoms with Crippen molar-refractivity contribution in [3.63, 3.8) is 0 Å². The largest absolute Gasteiger partial charge is 0.354 e. The topological polar surface area (TPSA) is 53.2 Å². The van der Waals surface area contributed by atoms with Crippen LogP contribution in [0.15, 0.2) is 0 Å². The van der Waals surface area contributed by atoms with Crippen molar-refractivity contribution in [2.75, 3.05) is 14.1 Å². The summed E-state index contributed by atoms with van der Waals surface area (Å²) in [5.41, 5.74) is 2.87. The molecule has 0 spiro atoms. The average Bonchev–Trinajstić information content (AvgIpc) is 2.54. The average molecular weight is 236 g/mol. The number of aryl methyl sites for hydroxylation is 1. The van der Waals surface area contributed by atoms with Crippen LogP contribution >= 0.6 is 0 Å². The van der Waals surface area contributed by atoms with Gasteiger partial charge >= 0.3 is 0 Å². The molecule has 0 atom stereocenters. The summed E-state index contributed by atoms with van der Waals surface area (Å²) < 4.78 is 0. The highest BCUT2D eigenvalue weighted by molar-refractivity contribution is 6.02. The fraction of sp³-hybridized carbons (Fsp3) is 0.538. The normalized spacial score (nSPS) is 10.4. The molecule has 0 saturated carbocycles. The number of carbonyl (C=O) groups is 2. The van der Waals surface area contributed by atoms with E-state index >= 15 is 0 Å². The van der Waals surface area contributed by atoms with Crippen LogP contribution in [-0.4, -0.2) is 35.7 Å². The van der Waals surface area contributed by atoms with Crippen LogP contribution in [0.4, 0.5) is 0 Å². The maximum atomic E-state index is 12.0. The molecule has 0 aromatic carbocycles. The van der Waals surface area contributed by atoms with E-state index < -0.39 is 0 Å². The van der Waals surface area contributed by atoms with E-state index in [1.807, 2.05) is 13.8 Å². The second kappa shape index (κ2) is 5.17. The Hall–Kier alpha value is -1.58. The fourth-order valence-electron chi connectivity index (χ4n) is 2.06. The van der Waals surface area contributed by atoms with Crippen molar-refractivity contribution in [1.29, 1.82) is 0 Å². The van der Waals surface area contributed by atoms with Gasteiger partial charge < -0.3 is 9.88 Å². The minimum atomic E-state index is -0.0796. The van der Waals surface area contributed by atoms with Crippen LogP contribution in [0, 0.1) is 6.92 Å². The zero-order chi connectivity index (χ0) is 13.2. The molecule has 0 saturated heterocycles. The lowest BCUT2D eigenvalue weighted by molar-refractivity contribution is 0.0821. The lowest BCUT2D eigenvalue weighted by atomic mass is 10.0. The quantitative estimate of drug-likeness (QED) is 0.815. The third-order valence-electron chi connectivity index (χ3n) is 2.76. The number of nitrogens with zero attached hydrogens (tertiary/aromatic N) is 1. The highest BCUT2D eigenvalue weighted by Gasteiger charge is 2.22. The van der Waals surface area contributed by atoms with Crippen molar-refractivity contribution >= 4 is 11.7 Å². The lowest BCUT2D eigenvalue weighted by Gasteiger charge is -2.10. The third kappa shape index (κ3) is 2.57. The molecule has 1 amide bonds. The third-order valence-corrected chi connectivity index (χ3v) is 2.76. The van der Waals surface area contributed by atoms with Crippen molar-refractivity contribution < 1.29 is 9.59 Å². The number of hydrogen-bond donors (Lipinski definition) is 1. The molecule has 0 aliphatic rings. The predicted molar refractivity (Wildman–Crippen MR) is 67.5 cm³/mol. The number of aromatic nitrogens is 1. The standard InChI is InChI=1S/C13H20N2O2/c1-6-7-10-11(9(3)16)8(2)14-12(10)13(17)15(4)5/h14H,6-7H2,1-5H3. The van der Waals surface area contributed by atoms with Crippen LogP contribution < -0.4 is 0 Å². The number of rotatable bonds is 4. The number of ketones is 1. The molecule has 0 radical (unpaired) electrons. The SMILES string of the molecule is CCCc1c(C(=O)N(C)C)[nH]c(C)c1C(C)=O. The molecule has 94 valence electrons. The number of carbonyl (C=O) groups excluding carboxylic acids is 2. The smallest absolute Gasteiger partial charge is 0.270 e. The molecule has 1 rings (SSSR count). The molecule has 0 aliphatic heterocycles. The van der Waals surface area contributed by atoms with Gasteiger partial charge in [-0.1, -0.05) is 13.3 Å². The van der Waals surface area contributed by atoms with Crippen molar-refractivity contribution in [2.24, 2.45) is 0 Å². The van der Waals surface area contributed by atoms with Gasteiger partial charge in [0.05, 0.1) is 0 Å². The van der Waals surface area contributed by atoms with E-state index in [4.69, 9.17) is 0 Å². The Balaban J connectivity index is 3.36. The molecule has 0 aliphatic carbocycles. The molecule has 0 fully saturated rings. The molecule has 0 unspecified atom stereocenters. The van der Waals surface area contributed by atoms with E-state index in [-0.39, 0.29) is 11.7 Å². The minimum absolute atomic E-state index is 0.0139. The summed E-state index contributed by atoms with van der Waals surface area (Å²) in [6.45, 7) is 5.41. The first-order valence-corrected chi connectivity index (χ1v) is 5.84. The van der Waals surface area contributed by atoms with Gasteiger partial charge in [-0.25, -0.2) is 0 Å². The van der Waals surface area contributed by atoms with Crippen LogP contribution in [0.3, 0.4) is 0 Å². The van der Waals surface area contributed by atoms with Gasteiger partial charge in [-0.05, 0) is 25.8 Å². The summed E-state index contributed by atoms with van der Waals surface area (Å²) in [5, 5.41) is 0. The zero-order valence-electron chi connectivity index (χ0n) is 11.2. The fourth-order valence-corrected chi connectivity index (χ4v) is 2.06. The predicted octanol–water partition coefficient (Wildman–Crippen LogP) is 2.18. The molecule has 4 heteroatoms. The van der Waals surface area contributed by atoms with Crippen molar-refractivity contribution in [2.45, 2.75) is 33.6 Å². The second-order valence-electron chi connectivity index (χ2n) is 4.48. The van der Waals surface area contributed by atoms with Gasteiger partial charge in [-0.15, -0.1) is 0 Å². The lowest BCUT2D eigenvalue weighted by Crippen LogP contribution is -2.23. The molecular weight excluding hydrogens is 216 g/mol. The van der Waals surface area contributed by atoms with Crippen LogP contribution in [0.25, 0.3) is 0 Å². The Morgan fingerprint density at radius 2 is 1.88 bits per heavy atom. The molecule has 1 aromatic heterocycles. The number of hydrogen-bond acceptors (Lipinski definition) is 2. The van der Waals surface area contributed by atoms with Gasteiger partial charge in [-0.2, -0.15) is 0 Å². The first-order valence-electron chi connectivity index (χ1n) is 5.84. The maximum absolute atomic E-state index is 12.0. The van der Waals surface area contributed by atoms with Gasteiger partial charge in [0.25, 0.3) is 5.91 Å². The summed E-state index contributed by atoms with van der Waals surface area (Å²) in [5.74, 6) is -0.0657. The summed E-state index contributed by atoms with van der Waals surface area (Å²) in [6.07, 6.45) is 1.65. The molecule has 17 heavy (non-hydrogen) atoms. The van der Waals surface area contributed by atoms with Crippen molar-refractivity contribution in [3.8, 4) is 0 Å².